The van der Waals surface area contributed by atoms with Gasteiger partial charge in [0.05, 0.1) is 6.07 Å². The molecule has 0 spiro atoms. The second-order valence-corrected chi connectivity index (χ2v) is 5.66. The summed E-state index contributed by atoms with van der Waals surface area (Å²) in [6.45, 7) is 0. The predicted molar refractivity (Wildman–Crippen MR) is 66.1 cm³/mol. The molecule has 0 atom stereocenters. The molecule has 0 aliphatic heterocycles. The predicted octanol–water partition coefficient (Wildman–Crippen LogP) is 2.91. The molecule has 2 rings (SSSR count). The number of carbonyl (C=O) groups is 1. The Morgan fingerprint density at radius 2 is 1.82 bits per heavy atom. The molecule has 2 saturated carbocycles. The van der Waals surface area contributed by atoms with Crippen molar-refractivity contribution < 1.29 is 4.79 Å². The van der Waals surface area contributed by atoms with Crippen molar-refractivity contribution in [1.82, 2.24) is 5.32 Å². The van der Waals surface area contributed by atoms with Gasteiger partial charge in [0.25, 0.3) is 0 Å². The van der Waals surface area contributed by atoms with Crippen LogP contribution in [0.15, 0.2) is 0 Å². The molecule has 3 heteroatoms. The largest absolute Gasteiger partial charge is 0.338 e. The quantitative estimate of drug-likeness (QED) is 0.816. The summed E-state index contributed by atoms with van der Waals surface area (Å²) in [6.07, 6.45) is 10.7. The summed E-state index contributed by atoms with van der Waals surface area (Å²) in [4.78, 5) is 12.0. The maximum atomic E-state index is 12.0. The zero-order chi connectivity index (χ0) is 12.1. The number of carbonyl (C=O) groups excluding carboxylic acids is 1. The van der Waals surface area contributed by atoms with Gasteiger partial charge in [0.1, 0.15) is 5.54 Å². The van der Waals surface area contributed by atoms with Crippen LogP contribution < -0.4 is 5.32 Å². The van der Waals surface area contributed by atoms with Crippen molar-refractivity contribution in [2.75, 3.05) is 0 Å². The second kappa shape index (κ2) is 5.53. The van der Waals surface area contributed by atoms with E-state index in [-0.39, 0.29) is 5.91 Å². The maximum Gasteiger partial charge on any atom is 0.221 e. The van der Waals surface area contributed by atoms with Gasteiger partial charge in [-0.15, -0.1) is 0 Å². The molecule has 0 aromatic rings. The minimum absolute atomic E-state index is 0.0975. The molecule has 2 fully saturated rings. The molecule has 0 saturated heterocycles. The van der Waals surface area contributed by atoms with Crippen LogP contribution in [0.25, 0.3) is 0 Å². The lowest BCUT2D eigenvalue weighted by atomic mass is 9.86. The standard InChI is InChI=1S/C14H22N2O/c15-11-14(8-4-5-9-14)16-13(17)10-12-6-2-1-3-7-12/h12H,1-10H2,(H,16,17). The van der Waals surface area contributed by atoms with Gasteiger partial charge in [-0.05, 0) is 44.4 Å². The smallest absolute Gasteiger partial charge is 0.221 e. The summed E-state index contributed by atoms with van der Waals surface area (Å²) in [5.74, 6) is 0.654. The van der Waals surface area contributed by atoms with E-state index in [4.69, 9.17) is 0 Å². The molecule has 0 radical (unpaired) electrons. The summed E-state index contributed by atoms with van der Waals surface area (Å²) in [5, 5.41) is 12.2. The number of hydrogen-bond donors (Lipinski definition) is 1. The Hall–Kier alpha value is -1.04. The van der Waals surface area contributed by atoms with Crippen LogP contribution in [0.4, 0.5) is 0 Å². The number of rotatable bonds is 3. The van der Waals surface area contributed by atoms with E-state index in [1.807, 2.05) is 0 Å². The van der Waals surface area contributed by atoms with Gasteiger partial charge in [0.15, 0.2) is 0 Å². The first-order valence-electron chi connectivity index (χ1n) is 6.96. The van der Waals surface area contributed by atoms with Gasteiger partial charge in [0, 0.05) is 6.42 Å². The van der Waals surface area contributed by atoms with Crippen LogP contribution in [0.1, 0.15) is 64.2 Å². The highest BCUT2D eigenvalue weighted by Crippen LogP contribution is 2.30. The minimum atomic E-state index is -0.536. The molecule has 2 aliphatic carbocycles. The van der Waals surface area contributed by atoms with E-state index in [0.29, 0.717) is 12.3 Å². The number of nitrogens with one attached hydrogen (secondary N) is 1. The van der Waals surface area contributed by atoms with Crippen LogP contribution >= 0.6 is 0 Å². The molecule has 94 valence electrons. The van der Waals surface area contributed by atoms with Crippen molar-refractivity contribution in [3.8, 4) is 6.07 Å². The molecule has 0 unspecified atom stereocenters. The topological polar surface area (TPSA) is 52.9 Å². The van der Waals surface area contributed by atoms with Crippen molar-refractivity contribution in [2.45, 2.75) is 69.7 Å². The van der Waals surface area contributed by atoms with E-state index in [9.17, 15) is 10.1 Å². The fraction of sp³-hybridized carbons (Fsp3) is 0.857. The lowest BCUT2D eigenvalue weighted by Crippen LogP contribution is -2.45. The Morgan fingerprint density at radius 1 is 1.18 bits per heavy atom. The highest BCUT2D eigenvalue weighted by molar-refractivity contribution is 5.77. The number of amides is 1. The first kappa shape index (κ1) is 12.4. The summed E-state index contributed by atoms with van der Waals surface area (Å²) in [7, 11) is 0. The first-order chi connectivity index (χ1) is 8.24. The van der Waals surface area contributed by atoms with E-state index < -0.39 is 5.54 Å². The molecule has 1 amide bonds. The van der Waals surface area contributed by atoms with Gasteiger partial charge < -0.3 is 5.32 Å². The normalized spacial score (nSPS) is 24.2. The molecule has 1 N–H and O–H groups in total. The Balaban J connectivity index is 1.82. The van der Waals surface area contributed by atoms with E-state index in [0.717, 1.165) is 25.7 Å². The Kier molecular flexibility index (Phi) is 4.04. The van der Waals surface area contributed by atoms with Crippen LogP contribution in [0, 0.1) is 17.2 Å². The van der Waals surface area contributed by atoms with Crippen molar-refractivity contribution >= 4 is 5.91 Å². The lowest BCUT2D eigenvalue weighted by molar-refractivity contribution is -0.123. The molecule has 3 nitrogen and oxygen atoms in total. The summed E-state index contributed by atoms with van der Waals surface area (Å²) in [6, 6.07) is 2.31. The van der Waals surface area contributed by atoms with Gasteiger partial charge in [-0.1, -0.05) is 19.3 Å². The van der Waals surface area contributed by atoms with E-state index in [1.165, 1.54) is 32.1 Å². The first-order valence-corrected chi connectivity index (χ1v) is 6.96. The molecule has 0 heterocycles. The Morgan fingerprint density at radius 3 is 2.41 bits per heavy atom. The van der Waals surface area contributed by atoms with Crippen LogP contribution in [0.2, 0.25) is 0 Å². The van der Waals surface area contributed by atoms with Gasteiger partial charge >= 0.3 is 0 Å². The third-order valence-corrected chi connectivity index (χ3v) is 4.25. The molecule has 0 aromatic carbocycles. The number of hydrogen-bond acceptors (Lipinski definition) is 2. The summed E-state index contributed by atoms with van der Waals surface area (Å²) >= 11 is 0. The zero-order valence-electron chi connectivity index (χ0n) is 10.5. The molecular weight excluding hydrogens is 212 g/mol. The van der Waals surface area contributed by atoms with Crippen LogP contribution in [0.3, 0.4) is 0 Å². The van der Waals surface area contributed by atoms with Gasteiger partial charge in [-0.25, -0.2) is 0 Å². The molecule has 0 aromatic heterocycles. The van der Waals surface area contributed by atoms with Crippen molar-refractivity contribution in [3.63, 3.8) is 0 Å². The average molecular weight is 234 g/mol. The maximum absolute atomic E-state index is 12.0. The Labute approximate surface area is 104 Å². The zero-order valence-corrected chi connectivity index (χ0v) is 10.5. The van der Waals surface area contributed by atoms with E-state index in [1.54, 1.807) is 0 Å². The lowest BCUT2D eigenvalue weighted by Gasteiger charge is -2.25. The fourth-order valence-electron chi connectivity index (χ4n) is 3.21. The summed E-state index contributed by atoms with van der Waals surface area (Å²) < 4.78 is 0. The SMILES string of the molecule is N#CC1(NC(=O)CC2CCCCC2)CCCC1. The number of nitriles is 1. The second-order valence-electron chi connectivity index (χ2n) is 5.66. The fourth-order valence-corrected chi connectivity index (χ4v) is 3.21. The monoisotopic (exact) mass is 234 g/mol. The summed E-state index contributed by atoms with van der Waals surface area (Å²) in [5.41, 5.74) is -0.536. The third kappa shape index (κ3) is 3.21. The van der Waals surface area contributed by atoms with E-state index >= 15 is 0 Å². The molecule has 0 bridgehead atoms. The third-order valence-electron chi connectivity index (χ3n) is 4.25. The van der Waals surface area contributed by atoms with Gasteiger partial charge in [0.2, 0.25) is 5.91 Å². The molecule has 17 heavy (non-hydrogen) atoms. The van der Waals surface area contributed by atoms with Crippen molar-refractivity contribution in [3.05, 3.63) is 0 Å². The van der Waals surface area contributed by atoms with Crippen LogP contribution in [-0.4, -0.2) is 11.4 Å². The van der Waals surface area contributed by atoms with Crippen molar-refractivity contribution in [2.24, 2.45) is 5.92 Å². The van der Waals surface area contributed by atoms with Crippen LogP contribution in [0.5, 0.6) is 0 Å². The average Bonchev–Trinajstić information content (AvgIpc) is 2.79. The number of nitrogens with zero attached hydrogens (tertiary/aromatic N) is 1. The van der Waals surface area contributed by atoms with Gasteiger partial charge in [-0.2, -0.15) is 5.26 Å². The van der Waals surface area contributed by atoms with E-state index in [2.05, 4.69) is 11.4 Å². The molecular formula is C14H22N2O. The Bertz CT molecular complexity index is 307. The minimum Gasteiger partial charge on any atom is -0.338 e. The van der Waals surface area contributed by atoms with Crippen LogP contribution in [-0.2, 0) is 4.79 Å². The molecule has 2 aliphatic rings. The van der Waals surface area contributed by atoms with Gasteiger partial charge in [-0.3, -0.25) is 4.79 Å². The highest BCUT2D eigenvalue weighted by Gasteiger charge is 2.35. The van der Waals surface area contributed by atoms with Crippen molar-refractivity contribution in [1.29, 1.82) is 5.26 Å². The highest BCUT2D eigenvalue weighted by atomic mass is 16.1.